The highest BCUT2D eigenvalue weighted by molar-refractivity contribution is 7.09. The Labute approximate surface area is 237 Å². The number of aliphatic hydroxyl groups is 1. The molecule has 2 aromatic heterocycles. The minimum atomic E-state index is -4.27. The topological polar surface area (TPSA) is 60.9 Å². The molecule has 2 N–H and O–H groups in total. The predicted molar refractivity (Wildman–Crippen MR) is 154 cm³/mol. The molecule has 4 rings (SSSR count). The Morgan fingerprint density at radius 3 is 2.48 bits per heavy atom. The molecule has 3 atom stereocenters. The van der Waals surface area contributed by atoms with E-state index in [-0.39, 0.29) is 17.0 Å². The van der Waals surface area contributed by atoms with E-state index < -0.39 is 18.7 Å². The molecule has 1 aromatic carbocycles. The lowest BCUT2D eigenvalue weighted by Crippen LogP contribution is -2.44. The lowest BCUT2D eigenvalue weighted by atomic mass is 10.0. The molecule has 3 aromatic rings. The fraction of sp³-hybridized carbons (Fsp3) is 0.433. The zero-order valence-electron chi connectivity index (χ0n) is 23.5. The third kappa shape index (κ3) is 6.97. The number of benzene rings is 1. The van der Waals surface area contributed by atoms with Crippen LogP contribution in [0.5, 0.6) is 5.75 Å². The lowest BCUT2D eigenvalue weighted by Gasteiger charge is -2.34. The van der Waals surface area contributed by atoms with Gasteiger partial charge in [-0.15, -0.1) is 11.3 Å². The van der Waals surface area contributed by atoms with Crippen molar-refractivity contribution in [3.63, 3.8) is 0 Å². The van der Waals surface area contributed by atoms with Gasteiger partial charge in [0.1, 0.15) is 11.6 Å². The molecule has 0 aliphatic heterocycles. The van der Waals surface area contributed by atoms with Crippen LogP contribution in [0.1, 0.15) is 29.0 Å². The third-order valence-electron chi connectivity index (χ3n) is 7.37. The highest BCUT2D eigenvalue weighted by Gasteiger charge is 2.37. The molecule has 10 heteroatoms. The minimum Gasteiger partial charge on any atom is -0.495 e. The van der Waals surface area contributed by atoms with Crippen LogP contribution in [0, 0.1) is 6.92 Å². The smallest absolute Gasteiger partial charge is 0.393 e. The molecular weight excluding hydrogens is 537 g/mol. The molecule has 1 aliphatic rings. The number of nitrogens with zero attached hydrogens (tertiary/aromatic N) is 3. The molecular formula is C30H37F3N4O2S. The van der Waals surface area contributed by atoms with Crippen molar-refractivity contribution in [2.24, 2.45) is 0 Å². The molecule has 1 saturated carbocycles. The number of aliphatic hydroxyl groups excluding tert-OH is 1. The molecule has 0 radical (unpaired) electrons. The van der Waals surface area contributed by atoms with E-state index in [0.29, 0.717) is 29.1 Å². The van der Waals surface area contributed by atoms with Crippen LogP contribution in [-0.2, 0) is 13.0 Å². The molecule has 0 bridgehead atoms. The van der Waals surface area contributed by atoms with Gasteiger partial charge in [0.15, 0.2) is 0 Å². The zero-order chi connectivity index (χ0) is 29.2. The van der Waals surface area contributed by atoms with Crippen molar-refractivity contribution >= 4 is 23.7 Å². The van der Waals surface area contributed by atoms with Crippen LogP contribution in [0.15, 0.2) is 42.6 Å². The van der Waals surface area contributed by atoms with Gasteiger partial charge in [0.05, 0.1) is 31.4 Å². The van der Waals surface area contributed by atoms with E-state index in [4.69, 9.17) is 4.74 Å². The fourth-order valence-electron chi connectivity index (χ4n) is 5.39. The first-order chi connectivity index (χ1) is 18.9. The van der Waals surface area contributed by atoms with Crippen molar-refractivity contribution < 1.29 is 23.0 Å². The molecule has 2 heterocycles. The number of thiophene rings is 1. The summed E-state index contributed by atoms with van der Waals surface area (Å²) in [5.74, 6) is 1.50. The normalized spacial score (nSPS) is 20.0. The Kier molecular flexibility index (Phi) is 9.12. The number of rotatable bonds is 9. The highest BCUT2D eigenvalue weighted by atomic mass is 32.1. The minimum absolute atomic E-state index is 0.0959. The lowest BCUT2D eigenvalue weighted by molar-refractivity contribution is -0.126. The molecule has 40 heavy (non-hydrogen) atoms. The van der Waals surface area contributed by atoms with Crippen molar-refractivity contribution in [2.45, 2.75) is 57.1 Å². The second-order valence-corrected chi connectivity index (χ2v) is 11.8. The number of pyridine rings is 1. The number of methoxy groups -OCH3 is 1. The van der Waals surface area contributed by atoms with E-state index in [0.717, 1.165) is 45.3 Å². The fourth-order valence-corrected chi connectivity index (χ4v) is 6.38. The number of likely N-dealkylation sites (N-methyl/N-ethyl adjacent to an activating group) is 1. The van der Waals surface area contributed by atoms with Gasteiger partial charge in [-0.1, -0.05) is 30.8 Å². The van der Waals surface area contributed by atoms with Crippen molar-refractivity contribution in [3.8, 4) is 16.9 Å². The molecule has 1 fully saturated rings. The average molecular weight is 575 g/mol. The van der Waals surface area contributed by atoms with Crippen LogP contribution >= 0.6 is 11.3 Å². The second kappa shape index (κ2) is 12.2. The number of hydrogen-bond acceptors (Lipinski definition) is 7. The van der Waals surface area contributed by atoms with Gasteiger partial charge in [0.2, 0.25) is 0 Å². The number of alkyl halides is 3. The predicted octanol–water partition coefficient (Wildman–Crippen LogP) is 3.88. The summed E-state index contributed by atoms with van der Waals surface area (Å²) < 4.78 is 44.9. The van der Waals surface area contributed by atoms with Crippen molar-refractivity contribution in [1.82, 2.24) is 20.1 Å². The highest BCUT2D eigenvalue weighted by Crippen LogP contribution is 2.29. The van der Waals surface area contributed by atoms with Crippen molar-refractivity contribution in [3.05, 3.63) is 68.5 Å². The van der Waals surface area contributed by atoms with E-state index in [2.05, 4.69) is 41.1 Å². The summed E-state index contributed by atoms with van der Waals surface area (Å²) in [6, 6.07) is 11.7. The Balaban J connectivity index is 1.43. The summed E-state index contributed by atoms with van der Waals surface area (Å²) in [4.78, 5) is 8.50. The summed E-state index contributed by atoms with van der Waals surface area (Å²) in [6.45, 7) is 6.58. The maximum atomic E-state index is 13.0. The maximum absolute atomic E-state index is 13.0. The van der Waals surface area contributed by atoms with E-state index in [1.54, 1.807) is 13.2 Å². The molecule has 3 unspecified atom stereocenters. The van der Waals surface area contributed by atoms with E-state index in [1.165, 1.54) is 0 Å². The van der Waals surface area contributed by atoms with Gasteiger partial charge in [0, 0.05) is 60.1 Å². The standard InChI is InChI=1S/C30H37F3N4O2S/c1-18-28(39-6)11-22(17-34-18)21-9-7-20(8-10-21)16-35-23-12-26(27(38)13-23)37(5)29(36(3)4)25-14-24(40-19(25)2)15-30(31,32)33/h7-11,14,17,23,26-27,35,38H,2,12-13,15-16H2,1,3-6H3/b29-25+. The van der Waals surface area contributed by atoms with E-state index in [1.807, 2.05) is 50.1 Å². The summed E-state index contributed by atoms with van der Waals surface area (Å²) >= 11 is 1.07. The molecule has 6 nitrogen and oxygen atoms in total. The molecule has 216 valence electrons. The van der Waals surface area contributed by atoms with Crippen LogP contribution in [0.25, 0.3) is 23.5 Å². The van der Waals surface area contributed by atoms with Gasteiger partial charge in [-0.2, -0.15) is 13.2 Å². The Morgan fingerprint density at radius 1 is 1.15 bits per heavy atom. The van der Waals surface area contributed by atoms with Crippen LogP contribution < -0.4 is 19.8 Å². The van der Waals surface area contributed by atoms with Gasteiger partial charge >= 0.3 is 6.18 Å². The number of aryl methyl sites for hydroxylation is 1. The van der Waals surface area contributed by atoms with Gasteiger partial charge in [-0.05, 0) is 43.0 Å². The Bertz CT molecular complexity index is 1420. The number of hydrogen-bond donors (Lipinski definition) is 2. The molecule has 0 saturated heterocycles. The van der Waals surface area contributed by atoms with Crippen LogP contribution in [0.4, 0.5) is 13.2 Å². The molecule has 0 amide bonds. The Hall–Kier alpha value is -3.08. The first-order valence-corrected chi connectivity index (χ1v) is 14.0. The maximum Gasteiger partial charge on any atom is 0.393 e. The number of ether oxygens (including phenoxy) is 1. The quantitative estimate of drug-likeness (QED) is 0.405. The SMILES string of the molecule is C=c1sc(CC(F)(F)F)c/c1=C(/N(C)C)N(C)C1CC(NCc2ccc(-c3cnc(C)c(OC)c3)cc2)CC1O. The largest absolute Gasteiger partial charge is 0.495 e. The molecule has 1 aliphatic carbocycles. The number of aromatic nitrogens is 1. The summed E-state index contributed by atoms with van der Waals surface area (Å²) in [7, 11) is 7.24. The zero-order valence-corrected chi connectivity index (χ0v) is 24.4. The first kappa shape index (κ1) is 29.9. The second-order valence-electron chi connectivity index (χ2n) is 10.6. The van der Waals surface area contributed by atoms with E-state index in [9.17, 15) is 18.3 Å². The summed E-state index contributed by atoms with van der Waals surface area (Å²) in [5.41, 5.74) is 4.01. The van der Waals surface area contributed by atoms with Gasteiger partial charge in [-0.3, -0.25) is 4.98 Å². The Morgan fingerprint density at radius 2 is 1.85 bits per heavy atom. The number of nitrogens with one attached hydrogen (secondary N) is 1. The van der Waals surface area contributed by atoms with Gasteiger partial charge < -0.3 is 25.0 Å². The van der Waals surface area contributed by atoms with Crippen LogP contribution in [0.3, 0.4) is 0 Å². The summed E-state index contributed by atoms with van der Waals surface area (Å²) in [5, 5.41) is 15.2. The van der Waals surface area contributed by atoms with Gasteiger partial charge in [-0.25, -0.2) is 0 Å². The molecule has 0 spiro atoms. The first-order valence-electron chi connectivity index (χ1n) is 13.2. The van der Waals surface area contributed by atoms with Gasteiger partial charge in [0.25, 0.3) is 0 Å². The number of halogens is 3. The van der Waals surface area contributed by atoms with Crippen molar-refractivity contribution in [2.75, 3.05) is 28.3 Å². The summed E-state index contributed by atoms with van der Waals surface area (Å²) in [6.07, 6.45) is -2.70. The monoisotopic (exact) mass is 574 g/mol. The van der Waals surface area contributed by atoms with Crippen LogP contribution in [0.2, 0.25) is 0 Å². The van der Waals surface area contributed by atoms with E-state index >= 15 is 0 Å². The van der Waals surface area contributed by atoms with Crippen molar-refractivity contribution in [1.29, 1.82) is 0 Å². The van der Waals surface area contributed by atoms with Crippen LogP contribution in [-0.4, -0.2) is 72.5 Å². The average Bonchev–Trinajstić information content (AvgIpc) is 3.43. The third-order valence-corrected chi connectivity index (χ3v) is 8.36.